The van der Waals surface area contributed by atoms with Gasteiger partial charge < -0.3 is 9.30 Å². The number of carbonyl (C=O) groups excluding carboxylic acids is 1. The first-order chi connectivity index (χ1) is 18.6. The van der Waals surface area contributed by atoms with Crippen LogP contribution >= 0.6 is 0 Å². The number of piperazine rings is 1. The minimum atomic E-state index is -0.368. The van der Waals surface area contributed by atoms with Gasteiger partial charge in [-0.25, -0.2) is 4.98 Å². The highest BCUT2D eigenvalue weighted by Gasteiger charge is 2.30. The minimum absolute atomic E-state index is 0.0505. The van der Waals surface area contributed by atoms with Gasteiger partial charge in [-0.1, -0.05) is 55.3 Å². The molecule has 1 aliphatic heterocycles. The molecule has 2 aromatic heterocycles. The van der Waals surface area contributed by atoms with Crippen LogP contribution in [0.3, 0.4) is 0 Å². The third-order valence-electron chi connectivity index (χ3n) is 7.92. The van der Waals surface area contributed by atoms with Gasteiger partial charge in [-0.05, 0) is 36.1 Å². The van der Waals surface area contributed by atoms with Crippen molar-refractivity contribution in [3.05, 3.63) is 88.7 Å². The number of aromatic nitrogens is 2. The summed E-state index contributed by atoms with van der Waals surface area (Å²) in [4.78, 5) is 33.4. The molecule has 6 rings (SSSR count). The Kier molecular flexibility index (Phi) is 6.64. The zero-order chi connectivity index (χ0) is 26.1. The van der Waals surface area contributed by atoms with E-state index in [4.69, 9.17) is 4.98 Å². The quantitative estimate of drug-likeness (QED) is 0.256. The minimum Gasteiger partial charge on any atom is -0.340 e. The first kappa shape index (κ1) is 24.3. The highest BCUT2D eigenvalue weighted by Crippen LogP contribution is 2.31. The van der Waals surface area contributed by atoms with Gasteiger partial charge in [-0.3, -0.25) is 19.8 Å². The lowest BCUT2D eigenvalue weighted by Crippen LogP contribution is -2.49. The fraction of sp³-hybridized carbons (Fsp3) is 0.333. The molecule has 0 atom stereocenters. The second-order valence-corrected chi connectivity index (χ2v) is 10.3. The Labute approximate surface area is 221 Å². The van der Waals surface area contributed by atoms with Gasteiger partial charge in [0, 0.05) is 62.5 Å². The van der Waals surface area contributed by atoms with E-state index in [1.54, 1.807) is 12.1 Å². The maximum absolute atomic E-state index is 12.9. The summed E-state index contributed by atoms with van der Waals surface area (Å²) in [7, 11) is 0. The van der Waals surface area contributed by atoms with Crippen LogP contribution in [0.25, 0.3) is 28.0 Å². The molecule has 2 aliphatic rings. The Balaban J connectivity index is 1.33. The van der Waals surface area contributed by atoms with E-state index in [0.717, 1.165) is 85.6 Å². The summed E-state index contributed by atoms with van der Waals surface area (Å²) >= 11 is 0. The summed E-state index contributed by atoms with van der Waals surface area (Å²) in [5.74, 6) is 0.527. The molecule has 3 heterocycles. The van der Waals surface area contributed by atoms with Gasteiger partial charge in [0.2, 0.25) is 5.91 Å². The molecule has 194 valence electrons. The van der Waals surface area contributed by atoms with Gasteiger partial charge >= 0.3 is 0 Å². The Morgan fingerprint density at radius 1 is 0.895 bits per heavy atom. The number of nitrogens with zero attached hydrogens (tertiary/aromatic N) is 5. The van der Waals surface area contributed by atoms with Crippen LogP contribution in [0.2, 0.25) is 0 Å². The van der Waals surface area contributed by atoms with Crippen molar-refractivity contribution in [3.63, 3.8) is 0 Å². The molecule has 1 aliphatic carbocycles. The lowest BCUT2D eigenvalue weighted by atomic mass is 10.1. The van der Waals surface area contributed by atoms with Crippen molar-refractivity contribution in [1.82, 2.24) is 19.2 Å². The van der Waals surface area contributed by atoms with E-state index in [1.165, 1.54) is 6.07 Å². The molecule has 2 fully saturated rings. The molecule has 2 aromatic carbocycles. The average molecular weight is 510 g/mol. The second-order valence-electron chi connectivity index (χ2n) is 10.3. The van der Waals surface area contributed by atoms with E-state index in [1.807, 2.05) is 35.2 Å². The fourth-order valence-corrected chi connectivity index (χ4v) is 5.81. The standard InChI is InChI=1S/C30H31N5O3/c36-30(23-9-4-5-10-23)33-17-15-32(16-18-33)21-27-29(24-11-6-12-26(19-24)35(37)38)31-28-14-13-25(20-34(27)28)22-7-2-1-3-8-22/h1-3,6-8,11-14,19-20,23H,4-5,9-10,15-18,21H2. The van der Waals surface area contributed by atoms with Gasteiger partial charge in [0.05, 0.1) is 16.3 Å². The van der Waals surface area contributed by atoms with E-state index in [-0.39, 0.29) is 16.5 Å². The zero-order valence-electron chi connectivity index (χ0n) is 21.3. The summed E-state index contributed by atoms with van der Waals surface area (Å²) in [5.41, 5.74) is 5.52. The highest BCUT2D eigenvalue weighted by atomic mass is 16.6. The second kappa shape index (κ2) is 10.4. The molecule has 0 bridgehead atoms. The monoisotopic (exact) mass is 509 g/mol. The molecule has 8 nitrogen and oxygen atoms in total. The van der Waals surface area contributed by atoms with E-state index in [9.17, 15) is 14.9 Å². The van der Waals surface area contributed by atoms with Crippen molar-refractivity contribution in [3.8, 4) is 22.4 Å². The van der Waals surface area contributed by atoms with Crippen LogP contribution < -0.4 is 0 Å². The predicted octanol–water partition coefficient (Wildman–Crippen LogP) is 5.41. The first-order valence-corrected chi connectivity index (χ1v) is 13.4. The molecular weight excluding hydrogens is 478 g/mol. The summed E-state index contributed by atoms with van der Waals surface area (Å²) in [5, 5.41) is 11.5. The van der Waals surface area contributed by atoms with Crippen LogP contribution in [-0.2, 0) is 11.3 Å². The third kappa shape index (κ3) is 4.79. The van der Waals surface area contributed by atoms with Crippen molar-refractivity contribution in [2.75, 3.05) is 26.2 Å². The van der Waals surface area contributed by atoms with E-state index < -0.39 is 0 Å². The molecule has 1 saturated carbocycles. The summed E-state index contributed by atoms with van der Waals surface area (Å²) in [6.45, 7) is 3.68. The number of hydrogen-bond acceptors (Lipinski definition) is 5. The van der Waals surface area contributed by atoms with E-state index in [2.05, 4.69) is 33.7 Å². The van der Waals surface area contributed by atoms with Crippen molar-refractivity contribution in [2.45, 2.75) is 32.2 Å². The Bertz CT molecular complexity index is 1470. The number of hydrogen-bond donors (Lipinski definition) is 0. The van der Waals surface area contributed by atoms with Crippen LogP contribution in [0.1, 0.15) is 31.4 Å². The van der Waals surface area contributed by atoms with Gasteiger partial charge in [0.1, 0.15) is 5.65 Å². The average Bonchev–Trinajstić information content (AvgIpc) is 3.62. The number of pyridine rings is 1. The van der Waals surface area contributed by atoms with Crippen molar-refractivity contribution in [2.24, 2.45) is 5.92 Å². The van der Waals surface area contributed by atoms with Crippen molar-refractivity contribution in [1.29, 1.82) is 0 Å². The number of fused-ring (bicyclic) bond motifs is 1. The van der Waals surface area contributed by atoms with Gasteiger partial charge in [-0.15, -0.1) is 0 Å². The van der Waals surface area contributed by atoms with E-state index >= 15 is 0 Å². The van der Waals surface area contributed by atoms with Crippen LogP contribution in [0.4, 0.5) is 5.69 Å². The molecule has 8 heteroatoms. The Hall–Kier alpha value is -4.04. The van der Waals surface area contributed by atoms with Gasteiger partial charge in [0.15, 0.2) is 0 Å². The van der Waals surface area contributed by atoms with Crippen LogP contribution in [-0.4, -0.2) is 56.2 Å². The summed E-state index contributed by atoms with van der Waals surface area (Å²) < 4.78 is 2.12. The largest absolute Gasteiger partial charge is 0.340 e. The molecule has 0 radical (unpaired) electrons. The number of non-ortho nitro benzene ring substituents is 1. The number of nitro benzene ring substituents is 1. The SMILES string of the molecule is O=C(C1CCCC1)N1CCN(Cc2c(-c3cccc([N+](=O)[O-])c3)nc3ccc(-c4ccccc4)cn23)CC1. The molecule has 0 unspecified atom stereocenters. The first-order valence-electron chi connectivity index (χ1n) is 13.4. The highest BCUT2D eigenvalue weighted by molar-refractivity contribution is 5.79. The molecule has 0 spiro atoms. The number of benzene rings is 2. The van der Waals surface area contributed by atoms with Crippen LogP contribution in [0.15, 0.2) is 72.9 Å². The number of rotatable bonds is 6. The topological polar surface area (TPSA) is 84.0 Å². The van der Waals surface area contributed by atoms with Crippen LogP contribution in [0.5, 0.6) is 0 Å². The molecule has 38 heavy (non-hydrogen) atoms. The third-order valence-corrected chi connectivity index (χ3v) is 7.92. The molecule has 0 N–H and O–H groups in total. The molecular formula is C30H31N5O3. The van der Waals surface area contributed by atoms with E-state index in [0.29, 0.717) is 12.5 Å². The van der Waals surface area contributed by atoms with Gasteiger partial charge in [0.25, 0.3) is 5.69 Å². The number of nitro groups is 1. The lowest BCUT2D eigenvalue weighted by Gasteiger charge is -2.36. The number of carbonyl (C=O) groups is 1. The summed E-state index contributed by atoms with van der Waals surface area (Å²) in [6, 6.07) is 21.0. The van der Waals surface area contributed by atoms with Crippen molar-refractivity contribution < 1.29 is 9.72 Å². The maximum atomic E-state index is 12.9. The smallest absolute Gasteiger partial charge is 0.270 e. The molecule has 4 aromatic rings. The fourth-order valence-electron chi connectivity index (χ4n) is 5.81. The van der Waals surface area contributed by atoms with Gasteiger partial charge in [-0.2, -0.15) is 0 Å². The molecule has 1 saturated heterocycles. The lowest BCUT2D eigenvalue weighted by molar-refractivity contribution is -0.384. The number of imidazole rings is 1. The van der Waals surface area contributed by atoms with Crippen molar-refractivity contribution >= 4 is 17.2 Å². The Morgan fingerprint density at radius 2 is 1.63 bits per heavy atom. The Morgan fingerprint density at radius 3 is 2.37 bits per heavy atom. The predicted molar refractivity (Wildman–Crippen MR) is 147 cm³/mol. The molecule has 1 amide bonds. The number of amides is 1. The summed E-state index contributed by atoms with van der Waals surface area (Å²) in [6.07, 6.45) is 6.48. The normalized spacial score (nSPS) is 16.8. The zero-order valence-corrected chi connectivity index (χ0v) is 21.3. The maximum Gasteiger partial charge on any atom is 0.270 e. The van der Waals surface area contributed by atoms with Crippen LogP contribution in [0, 0.1) is 16.0 Å².